The van der Waals surface area contributed by atoms with Gasteiger partial charge in [-0.05, 0) is 36.2 Å². The molecule has 1 N–H and O–H groups in total. The average Bonchev–Trinajstić information content (AvgIpc) is 2.43. The largest absolute Gasteiger partial charge is 0.492 e. The molecule has 0 spiro atoms. The summed E-state index contributed by atoms with van der Waals surface area (Å²) in [6.45, 7) is 4.30. The first kappa shape index (κ1) is 13.9. The van der Waals surface area contributed by atoms with E-state index in [1.807, 2.05) is 43.3 Å². The second kappa shape index (κ2) is 7.17. The molecule has 0 unspecified atom stereocenters. The number of rotatable bonds is 6. The van der Waals surface area contributed by atoms with Crippen molar-refractivity contribution in [2.45, 2.75) is 13.5 Å². The lowest BCUT2D eigenvalue weighted by molar-refractivity contribution is 0.313. The minimum atomic E-state index is 0.647. The van der Waals surface area contributed by atoms with E-state index >= 15 is 0 Å². The average molecular weight is 276 g/mol. The number of aryl methyl sites for hydroxylation is 1. The van der Waals surface area contributed by atoms with Crippen LogP contribution in [0.2, 0.25) is 5.02 Å². The van der Waals surface area contributed by atoms with Gasteiger partial charge in [0.15, 0.2) is 0 Å². The van der Waals surface area contributed by atoms with E-state index in [0.717, 1.165) is 29.4 Å². The lowest BCUT2D eigenvalue weighted by Gasteiger charge is -2.09. The van der Waals surface area contributed by atoms with Gasteiger partial charge in [-0.3, -0.25) is 0 Å². The molecule has 0 bridgehead atoms. The molecule has 0 radical (unpaired) electrons. The summed E-state index contributed by atoms with van der Waals surface area (Å²) in [5.41, 5.74) is 2.32. The Hall–Kier alpha value is -1.51. The zero-order valence-electron chi connectivity index (χ0n) is 11.0. The van der Waals surface area contributed by atoms with Gasteiger partial charge in [0, 0.05) is 18.1 Å². The smallest absolute Gasteiger partial charge is 0.119 e. The van der Waals surface area contributed by atoms with E-state index in [2.05, 4.69) is 17.4 Å². The van der Waals surface area contributed by atoms with Crippen molar-refractivity contribution in [1.82, 2.24) is 5.32 Å². The molecule has 0 saturated heterocycles. The van der Waals surface area contributed by atoms with Crippen LogP contribution in [-0.2, 0) is 6.54 Å². The highest BCUT2D eigenvalue weighted by Gasteiger charge is 1.98. The molecule has 2 aromatic carbocycles. The minimum Gasteiger partial charge on any atom is -0.492 e. The molecule has 2 nitrogen and oxygen atoms in total. The Bertz CT molecular complexity index is 513. The van der Waals surface area contributed by atoms with E-state index in [1.165, 1.54) is 5.56 Å². The molecule has 0 fully saturated rings. The van der Waals surface area contributed by atoms with Crippen LogP contribution in [0, 0.1) is 6.92 Å². The van der Waals surface area contributed by atoms with Crippen molar-refractivity contribution in [3.63, 3.8) is 0 Å². The zero-order valence-corrected chi connectivity index (χ0v) is 11.8. The van der Waals surface area contributed by atoms with Crippen LogP contribution in [0.3, 0.4) is 0 Å². The molecule has 0 aromatic heterocycles. The monoisotopic (exact) mass is 275 g/mol. The Morgan fingerprint density at radius 3 is 2.63 bits per heavy atom. The van der Waals surface area contributed by atoms with Crippen LogP contribution >= 0.6 is 11.6 Å². The van der Waals surface area contributed by atoms with Crippen LogP contribution in [0.5, 0.6) is 5.75 Å². The van der Waals surface area contributed by atoms with Gasteiger partial charge in [0.1, 0.15) is 12.4 Å². The minimum absolute atomic E-state index is 0.647. The van der Waals surface area contributed by atoms with Crippen LogP contribution in [0.1, 0.15) is 11.1 Å². The van der Waals surface area contributed by atoms with Crippen LogP contribution in [0.25, 0.3) is 0 Å². The number of ether oxygens (including phenoxy) is 1. The van der Waals surface area contributed by atoms with Gasteiger partial charge in [0.05, 0.1) is 0 Å². The standard InChI is InChI=1S/C16H18ClNO/c1-13-11-15(7-8-16(13)17)19-10-9-18-12-14-5-3-2-4-6-14/h2-8,11,18H,9-10,12H2,1H3. The Balaban J connectivity index is 1.68. The van der Waals surface area contributed by atoms with Gasteiger partial charge in [0.25, 0.3) is 0 Å². The number of nitrogens with one attached hydrogen (secondary N) is 1. The molecule has 2 aromatic rings. The van der Waals surface area contributed by atoms with E-state index in [1.54, 1.807) is 0 Å². The molecule has 0 aliphatic heterocycles. The molecule has 0 amide bonds. The molecule has 0 aliphatic carbocycles. The molecular formula is C16H18ClNO. The van der Waals surface area contributed by atoms with Crippen LogP contribution < -0.4 is 10.1 Å². The first-order chi connectivity index (χ1) is 9.25. The first-order valence-corrected chi connectivity index (χ1v) is 6.77. The van der Waals surface area contributed by atoms with E-state index in [9.17, 15) is 0 Å². The van der Waals surface area contributed by atoms with Crippen LogP contribution in [0.15, 0.2) is 48.5 Å². The molecule has 100 valence electrons. The predicted molar refractivity (Wildman–Crippen MR) is 79.8 cm³/mol. The SMILES string of the molecule is Cc1cc(OCCNCc2ccccc2)ccc1Cl. The van der Waals surface area contributed by atoms with E-state index in [4.69, 9.17) is 16.3 Å². The summed E-state index contributed by atoms with van der Waals surface area (Å²) in [4.78, 5) is 0. The normalized spacial score (nSPS) is 10.4. The molecule has 0 saturated carbocycles. The fraction of sp³-hybridized carbons (Fsp3) is 0.250. The van der Waals surface area contributed by atoms with E-state index in [0.29, 0.717) is 6.61 Å². The molecular weight excluding hydrogens is 258 g/mol. The van der Waals surface area contributed by atoms with Crippen molar-refractivity contribution >= 4 is 11.6 Å². The summed E-state index contributed by atoms with van der Waals surface area (Å²) in [5, 5.41) is 4.12. The Labute approximate surface area is 119 Å². The Kier molecular flexibility index (Phi) is 5.25. The molecule has 19 heavy (non-hydrogen) atoms. The van der Waals surface area contributed by atoms with Crippen molar-refractivity contribution in [3.8, 4) is 5.75 Å². The van der Waals surface area contributed by atoms with Crippen molar-refractivity contribution < 1.29 is 4.74 Å². The second-order valence-electron chi connectivity index (χ2n) is 4.42. The summed E-state index contributed by atoms with van der Waals surface area (Å²) >= 11 is 5.96. The highest BCUT2D eigenvalue weighted by atomic mass is 35.5. The Morgan fingerprint density at radius 2 is 1.89 bits per heavy atom. The zero-order chi connectivity index (χ0) is 13.5. The fourth-order valence-electron chi connectivity index (χ4n) is 1.78. The van der Waals surface area contributed by atoms with Gasteiger partial charge in [-0.15, -0.1) is 0 Å². The lowest BCUT2D eigenvalue weighted by atomic mass is 10.2. The number of benzene rings is 2. The van der Waals surface area contributed by atoms with Gasteiger partial charge in [-0.2, -0.15) is 0 Å². The highest BCUT2D eigenvalue weighted by Crippen LogP contribution is 2.20. The van der Waals surface area contributed by atoms with Gasteiger partial charge in [-0.1, -0.05) is 41.9 Å². The molecule has 3 heteroatoms. The summed E-state index contributed by atoms with van der Waals surface area (Å²) in [7, 11) is 0. The topological polar surface area (TPSA) is 21.3 Å². The van der Waals surface area contributed by atoms with Crippen molar-refractivity contribution in [3.05, 3.63) is 64.7 Å². The van der Waals surface area contributed by atoms with Crippen molar-refractivity contribution in [2.24, 2.45) is 0 Å². The van der Waals surface area contributed by atoms with Gasteiger partial charge < -0.3 is 10.1 Å². The van der Waals surface area contributed by atoms with Crippen LogP contribution in [0.4, 0.5) is 0 Å². The van der Waals surface area contributed by atoms with E-state index < -0.39 is 0 Å². The predicted octanol–water partition coefficient (Wildman–Crippen LogP) is 3.82. The van der Waals surface area contributed by atoms with Crippen molar-refractivity contribution in [1.29, 1.82) is 0 Å². The fourth-order valence-corrected chi connectivity index (χ4v) is 1.89. The van der Waals surface area contributed by atoms with Gasteiger partial charge in [-0.25, -0.2) is 0 Å². The van der Waals surface area contributed by atoms with Gasteiger partial charge >= 0.3 is 0 Å². The highest BCUT2D eigenvalue weighted by molar-refractivity contribution is 6.31. The maximum atomic E-state index is 5.96. The summed E-state index contributed by atoms with van der Waals surface area (Å²) in [6, 6.07) is 16.0. The molecule has 0 atom stereocenters. The number of hydrogen-bond acceptors (Lipinski definition) is 2. The summed E-state index contributed by atoms with van der Waals surface area (Å²) in [5.74, 6) is 0.864. The molecule has 0 heterocycles. The third-order valence-electron chi connectivity index (χ3n) is 2.85. The maximum absolute atomic E-state index is 5.96. The number of hydrogen-bond donors (Lipinski definition) is 1. The summed E-state index contributed by atoms with van der Waals surface area (Å²) in [6.07, 6.45) is 0. The quantitative estimate of drug-likeness (QED) is 0.810. The number of halogens is 1. The lowest BCUT2D eigenvalue weighted by Crippen LogP contribution is -2.20. The van der Waals surface area contributed by atoms with Gasteiger partial charge in [0.2, 0.25) is 0 Å². The second-order valence-corrected chi connectivity index (χ2v) is 4.83. The van der Waals surface area contributed by atoms with E-state index in [-0.39, 0.29) is 0 Å². The third kappa shape index (κ3) is 4.58. The Morgan fingerprint density at radius 1 is 1.11 bits per heavy atom. The molecule has 0 aliphatic rings. The third-order valence-corrected chi connectivity index (χ3v) is 3.27. The summed E-state index contributed by atoms with van der Waals surface area (Å²) < 4.78 is 5.66. The van der Waals surface area contributed by atoms with Crippen LogP contribution in [-0.4, -0.2) is 13.2 Å². The van der Waals surface area contributed by atoms with Crippen molar-refractivity contribution in [2.75, 3.05) is 13.2 Å². The maximum Gasteiger partial charge on any atom is 0.119 e. The first-order valence-electron chi connectivity index (χ1n) is 6.39. The molecule has 2 rings (SSSR count).